The fourth-order valence-corrected chi connectivity index (χ4v) is 13.0. The number of aromatic nitrogens is 1. The number of furan rings is 1. The van der Waals surface area contributed by atoms with Gasteiger partial charge in [0.15, 0.2) is 0 Å². The molecule has 344 valence electrons. The Morgan fingerprint density at radius 3 is 1.64 bits per heavy atom. The minimum atomic E-state index is -0.560. The van der Waals surface area contributed by atoms with Crippen molar-refractivity contribution in [2.75, 3.05) is 4.90 Å². The molecule has 2 heterocycles. The predicted octanol–water partition coefficient (Wildman–Crippen LogP) is 18.5. The summed E-state index contributed by atoms with van der Waals surface area (Å²) in [6.45, 7) is 4.74. The van der Waals surface area contributed by atoms with Gasteiger partial charge in [0.25, 0.3) is 0 Å². The number of fused-ring (bicyclic) bond motifs is 12. The number of para-hydroxylation sites is 2. The van der Waals surface area contributed by atoms with E-state index in [2.05, 4.69) is 278 Å². The van der Waals surface area contributed by atoms with E-state index in [0.29, 0.717) is 0 Å². The van der Waals surface area contributed by atoms with Gasteiger partial charge in [-0.15, -0.1) is 0 Å². The van der Waals surface area contributed by atoms with Gasteiger partial charge in [-0.2, -0.15) is 0 Å². The van der Waals surface area contributed by atoms with Crippen LogP contribution >= 0.6 is 0 Å². The molecular weight excluding hydrogens is 885 g/mol. The van der Waals surface area contributed by atoms with Gasteiger partial charge in [0.05, 0.1) is 27.5 Å². The first-order valence-electron chi connectivity index (χ1n) is 25.4. The van der Waals surface area contributed by atoms with Crippen molar-refractivity contribution < 1.29 is 4.42 Å². The molecule has 13 aromatic rings. The zero-order chi connectivity index (χ0) is 48.4. The van der Waals surface area contributed by atoms with Crippen molar-refractivity contribution in [3.8, 4) is 39.1 Å². The molecule has 0 radical (unpaired) electrons. The fraction of sp³-hybridized carbons (Fsp3) is 0.0571. The van der Waals surface area contributed by atoms with Crippen LogP contribution in [0.3, 0.4) is 0 Å². The molecule has 0 saturated heterocycles. The van der Waals surface area contributed by atoms with Crippen LogP contribution in [0.25, 0.3) is 82.8 Å². The maximum atomic E-state index is 6.87. The molecule has 0 fully saturated rings. The lowest BCUT2D eigenvalue weighted by Gasteiger charge is -2.35. The number of hydrogen-bond acceptors (Lipinski definition) is 2. The van der Waals surface area contributed by atoms with E-state index in [1.807, 2.05) is 0 Å². The van der Waals surface area contributed by atoms with Gasteiger partial charge >= 0.3 is 0 Å². The smallest absolute Gasteiger partial charge is 0.137 e. The molecular formula is C70H48N2O. The van der Waals surface area contributed by atoms with Crippen molar-refractivity contribution in [2.45, 2.75) is 24.7 Å². The van der Waals surface area contributed by atoms with Crippen LogP contribution in [0, 0.1) is 0 Å². The molecule has 11 aromatic carbocycles. The predicted molar refractivity (Wildman–Crippen MR) is 303 cm³/mol. The van der Waals surface area contributed by atoms with E-state index in [1.165, 1.54) is 77.4 Å². The van der Waals surface area contributed by atoms with E-state index >= 15 is 0 Å². The van der Waals surface area contributed by atoms with Crippen molar-refractivity contribution in [3.63, 3.8) is 0 Å². The molecule has 0 N–H and O–H groups in total. The van der Waals surface area contributed by atoms with Crippen LogP contribution in [0.1, 0.15) is 47.2 Å². The molecule has 15 rings (SSSR count). The first-order valence-corrected chi connectivity index (χ1v) is 25.4. The van der Waals surface area contributed by atoms with Crippen LogP contribution in [0.15, 0.2) is 259 Å². The van der Waals surface area contributed by atoms with Crippen LogP contribution in [0.2, 0.25) is 0 Å². The molecule has 0 aliphatic heterocycles. The maximum Gasteiger partial charge on any atom is 0.137 e. The van der Waals surface area contributed by atoms with Gasteiger partial charge in [-0.25, -0.2) is 0 Å². The Balaban J connectivity index is 0.970. The zero-order valence-electron chi connectivity index (χ0n) is 40.6. The van der Waals surface area contributed by atoms with E-state index in [1.54, 1.807) is 0 Å². The molecule has 3 heteroatoms. The number of anilines is 3. The molecule has 73 heavy (non-hydrogen) atoms. The first kappa shape index (κ1) is 41.6. The molecule has 3 nitrogen and oxygen atoms in total. The van der Waals surface area contributed by atoms with Crippen molar-refractivity contribution in [3.05, 3.63) is 288 Å². The molecule has 2 aliphatic rings. The summed E-state index contributed by atoms with van der Waals surface area (Å²) in [5.41, 5.74) is 22.8. The maximum absolute atomic E-state index is 6.87. The first-order chi connectivity index (χ1) is 36.0. The van der Waals surface area contributed by atoms with Crippen LogP contribution in [0.5, 0.6) is 0 Å². The Labute approximate surface area is 424 Å². The van der Waals surface area contributed by atoms with E-state index in [-0.39, 0.29) is 5.41 Å². The molecule has 0 unspecified atom stereocenters. The van der Waals surface area contributed by atoms with Gasteiger partial charge in [-0.3, -0.25) is 0 Å². The van der Waals surface area contributed by atoms with Crippen molar-refractivity contribution in [1.82, 2.24) is 4.57 Å². The van der Waals surface area contributed by atoms with Crippen LogP contribution in [-0.4, -0.2) is 4.57 Å². The van der Waals surface area contributed by atoms with Crippen molar-refractivity contribution in [2.24, 2.45) is 0 Å². The zero-order valence-corrected chi connectivity index (χ0v) is 40.6. The summed E-state index contributed by atoms with van der Waals surface area (Å²) in [6.07, 6.45) is 0. The number of benzene rings is 11. The summed E-state index contributed by atoms with van der Waals surface area (Å²) < 4.78 is 9.25. The highest BCUT2D eigenvalue weighted by atomic mass is 16.3. The van der Waals surface area contributed by atoms with Crippen molar-refractivity contribution >= 4 is 60.8 Å². The Bertz CT molecular complexity index is 4310. The second-order valence-corrected chi connectivity index (χ2v) is 20.4. The summed E-state index contributed by atoms with van der Waals surface area (Å²) in [4.78, 5) is 2.50. The summed E-state index contributed by atoms with van der Waals surface area (Å²) in [7, 11) is 0. The van der Waals surface area contributed by atoms with E-state index in [4.69, 9.17) is 4.42 Å². The molecule has 2 aromatic heterocycles. The lowest BCUT2D eigenvalue weighted by atomic mass is 9.67. The number of hydrogen-bond donors (Lipinski definition) is 0. The second kappa shape index (κ2) is 15.7. The number of nitrogens with zero attached hydrogens (tertiary/aromatic N) is 2. The Hall–Kier alpha value is -9.18. The molecule has 0 amide bonds. The Morgan fingerprint density at radius 2 is 0.918 bits per heavy atom. The van der Waals surface area contributed by atoms with Gasteiger partial charge < -0.3 is 13.9 Å². The van der Waals surface area contributed by atoms with Crippen LogP contribution < -0.4 is 4.90 Å². The third-order valence-corrected chi connectivity index (χ3v) is 16.3. The van der Waals surface area contributed by atoms with E-state index in [0.717, 1.165) is 55.8 Å². The third kappa shape index (κ3) is 5.94. The minimum absolute atomic E-state index is 0.194. The standard InChI is InChI=1S/C70H48N2O/c1-69(2)59-28-15-12-25-52(59)54-37-35-50(43-61(54)69)71(51-36-38-55-53-26-13-16-29-60(53)70(62(55)44-51,47-19-6-3-7-20-47)48-21-8-4-9-22-48)65-31-18-32-67-68(65)58-42-46(34-40-66(58)73-67)45-33-39-64-57(41-45)56-27-14-17-30-63(56)72(64)49-23-10-5-11-24-49/h3-44H,1-2H3. The molecule has 0 bridgehead atoms. The van der Waals surface area contributed by atoms with Gasteiger partial charge in [-0.05, 0) is 146 Å². The number of rotatable bonds is 7. The van der Waals surface area contributed by atoms with Gasteiger partial charge in [0.2, 0.25) is 0 Å². The average molecular weight is 933 g/mol. The monoisotopic (exact) mass is 932 g/mol. The highest BCUT2D eigenvalue weighted by molar-refractivity contribution is 6.15. The minimum Gasteiger partial charge on any atom is -0.456 e. The molecule has 0 saturated carbocycles. The Morgan fingerprint density at radius 1 is 0.370 bits per heavy atom. The fourth-order valence-electron chi connectivity index (χ4n) is 13.0. The topological polar surface area (TPSA) is 21.3 Å². The van der Waals surface area contributed by atoms with Gasteiger partial charge in [0.1, 0.15) is 11.2 Å². The SMILES string of the molecule is CC1(C)c2ccccc2-c2ccc(N(c3ccc4c(c3)C(c3ccccc3)(c3ccccc3)c3ccccc3-4)c3cccc4oc5ccc(-c6ccc7c(c6)c6ccccc6n7-c6ccccc6)cc5c34)cc21. The largest absolute Gasteiger partial charge is 0.456 e. The highest BCUT2D eigenvalue weighted by Gasteiger charge is 2.46. The average Bonchev–Trinajstić information content (AvgIpc) is 4.15. The van der Waals surface area contributed by atoms with E-state index < -0.39 is 5.41 Å². The molecule has 0 atom stereocenters. The third-order valence-electron chi connectivity index (χ3n) is 16.3. The quantitative estimate of drug-likeness (QED) is 0.159. The lowest BCUT2D eigenvalue weighted by Crippen LogP contribution is -2.28. The second-order valence-electron chi connectivity index (χ2n) is 20.4. The summed E-state index contributed by atoms with van der Waals surface area (Å²) >= 11 is 0. The van der Waals surface area contributed by atoms with Crippen molar-refractivity contribution in [1.29, 1.82) is 0 Å². The van der Waals surface area contributed by atoms with Gasteiger partial charge in [-0.1, -0.05) is 190 Å². The normalized spacial score (nSPS) is 13.8. The molecule has 0 spiro atoms. The summed E-state index contributed by atoms with van der Waals surface area (Å²) in [5, 5.41) is 4.61. The van der Waals surface area contributed by atoms with E-state index in [9.17, 15) is 0 Å². The van der Waals surface area contributed by atoms with Crippen LogP contribution in [-0.2, 0) is 10.8 Å². The lowest BCUT2D eigenvalue weighted by molar-refractivity contribution is 0.660. The van der Waals surface area contributed by atoms with Gasteiger partial charge in [0, 0.05) is 38.6 Å². The Kier molecular flexibility index (Phi) is 8.92. The summed E-state index contributed by atoms with van der Waals surface area (Å²) in [6, 6.07) is 94.1. The summed E-state index contributed by atoms with van der Waals surface area (Å²) in [5.74, 6) is 0. The highest BCUT2D eigenvalue weighted by Crippen LogP contribution is 2.58. The molecule has 2 aliphatic carbocycles. The van der Waals surface area contributed by atoms with Crippen LogP contribution in [0.4, 0.5) is 17.1 Å².